The van der Waals surface area contributed by atoms with Gasteiger partial charge in [0, 0.05) is 50.1 Å². The Bertz CT molecular complexity index is 832. The standard InChI is InChI=1S/C21H26N4O3/c1-15-22-19(23-28-15)16-5-7-17(8-6-16)20(26)25-13-9-18(10-14-25)21(27)24-11-3-2-4-12-24/h5-8,18H,2-4,9-14H2,1H3. The van der Waals surface area contributed by atoms with Crippen LogP contribution < -0.4 is 0 Å². The first-order valence-corrected chi connectivity index (χ1v) is 10.1. The minimum absolute atomic E-state index is 0.0136. The van der Waals surface area contributed by atoms with E-state index in [4.69, 9.17) is 4.52 Å². The number of carbonyl (C=O) groups is 2. The fraction of sp³-hybridized carbons (Fsp3) is 0.524. The van der Waals surface area contributed by atoms with E-state index in [0.29, 0.717) is 30.4 Å². The highest BCUT2D eigenvalue weighted by Gasteiger charge is 2.31. The van der Waals surface area contributed by atoms with E-state index in [1.165, 1.54) is 6.42 Å². The van der Waals surface area contributed by atoms with E-state index in [2.05, 4.69) is 10.1 Å². The number of hydrogen-bond donors (Lipinski definition) is 0. The molecule has 3 heterocycles. The predicted molar refractivity (Wildman–Crippen MR) is 104 cm³/mol. The summed E-state index contributed by atoms with van der Waals surface area (Å²) in [4.78, 5) is 33.6. The van der Waals surface area contributed by atoms with Gasteiger partial charge in [-0.1, -0.05) is 17.3 Å². The quantitative estimate of drug-likeness (QED) is 0.815. The number of nitrogens with zero attached hydrogens (tertiary/aromatic N) is 4. The summed E-state index contributed by atoms with van der Waals surface area (Å²) in [6.07, 6.45) is 4.95. The van der Waals surface area contributed by atoms with Crippen molar-refractivity contribution >= 4 is 11.8 Å². The van der Waals surface area contributed by atoms with Crippen LogP contribution in [0.15, 0.2) is 28.8 Å². The van der Waals surface area contributed by atoms with Crippen molar-refractivity contribution in [3.05, 3.63) is 35.7 Å². The number of hydrogen-bond acceptors (Lipinski definition) is 5. The number of benzene rings is 1. The van der Waals surface area contributed by atoms with Gasteiger partial charge in [-0.25, -0.2) is 0 Å². The Balaban J connectivity index is 1.34. The third-order valence-corrected chi connectivity index (χ3v) is 5.72. The summed E-state index contributed by atoms with van der Waals surface area (Å²) in [5.41, 5.74) is 1.46. The second-order valence-electron chi connectivity index (χ2n) is 7.67. The highest BCUT2D eigenvalue weighted by atomic mass is 16.5. The largest absolute Gasteiger partial charge is 0.342 e. The summed E-state index contributed by atoms with van der Waals surface area (Å²) in [5.74, 6) is 1.39. The van der Waals surface area contributed by atoms with Gasteiger partial charge in [0.1, 0.15) is 0 Å². The van der Waals surface area contributed by atoms with Gasteiger partial charge in [0.2, 0.25) is 17.6 Å². The van der Waals surface area contributed by atoms with Gasteiger partial charge in [-0.15, -0.1) is 0 Å². The zero-order valence-corrected chi connectivity index (χ0v) is 16.3. The van der Waals surface area contributed by atoms with Crippen LogP contribution in [0.5, 0.6) is 0 Å². The lowest BCUT2D eigenvalue weighted by Gasteiger charge is -2.35. The Morgan fingerprint density at radius 1 is 0.964 bits per heavy atom. The van der Waals surface area contributed by atoms with Gasteiger partial charge < -0.3 is 14.3 Å². The van der Waals surface area contributed by atoms with Crippen LogP contribution in [0.3, 0.4) is 0 Å². The topological polar surface area (TPSA) is 79.5 Å². The summed E-state index contributed by atoms with van der Waals surface area (Å²) in [7, 11) is 0. The minimum atomic E-state index is 0.0136. The van der Waals surface area contributed by atoms with E-state index in [0.717, 1.165) is 44.3 Å². The molecule has 0 saturated carbocycles. The molecule has 0 unspecified atom stereocenters. The van der Waals surface area contributed by atoms with Gasteiger partial charge in [-0.2, -0.15) is 4.98 Å². The van der Waals surface area contributed by atoms with Crippen molar-refractivity contribution in [2.45, 2.75) is 39.0 Å². The zero-order chi connectivity index (χ0) is 19.5. The number of amides is 2. The molecule has 0 radical (unpaired) electrons. The molecule has 1 aromatic heterocycles. The first-order valence-electron chi connectivity index (χ1n) is 10.1. The maximum absolute atomic E-state index is 12.8. The maximum Gasteiger partial charge on any atom is 0.253 e. The Hall–Kier alpha value is -2.70. The van der Waals surface area contributed by atoms with Crippen LogP contribution >= 0.6 is 0 Å². The van der Waals surface area contributed by atoms with Crippen molar-refractivity contribution in [2.24, 2.45) is 5.92 Å². The van der Waals surface area contributed by atoms with Crippen LogP contribution in [0.2, 0.25) is 0 Å². The van der Waals surface area contributed by atoms with Gasteiger partial charge in [-0.05, 0) is 44.2 Å². The van der Waals surface area contributed by atoms with Crippen LogP contribution in [-0.2, 0) is 4.79 Å². The van der Waals surface area contributed by atoms with Crippen LogP contribution in [-0.4, -0.2) is 57.9 Å². The number of aryl methyl sites for hydroxylation is 1. The van der Waals surface area contributed by atoms with Crippen molar-refractivity contribution in [3.8, 4) is 11.4 Å². The third-order valence-electron chi connectivity index (χ3n) is 5.72. The molecule has 148 valence electrons. The molecule has 2 aromatic rings. The highest BCUT2D eigenvalue weighted by molar-refractivity contribution is 5.94. The average Bonchev–Trinajstić information content (AvgIpc) is 3.20. The molecule has 0 spiro atoms. The molecular weight excluding hydrogens is 356 g/mol. The molecule has 7 heteroatoms. The van der Waals surface area contributed by atoms with Crippen molar-refractivity contribution in [3.63, 3.8) is 0 Å². The van der Waals surface area contributed by atoms with Gasteiger partial charge in [-0.3, -0.25) is 9.59 Å². The first-order chi connectivity index (χ1) is 13.6. The SMILES string of the molecule is Cc1nc(-c2ccc(C(=O)N3CCC(C(=O)N4CCCCC4)CC3)cc2)no1. The van der Waals surface area contributed by atoms with E-state index in [-0.39, 0.29) is 17.7 Å². The summed E-state index contributed by atoms with van der Waals surface area (Å²) in [6, 6.07) is 7.27. The van der Waals surface area contributed by atoms with E-state index in [1.54, 1.807) is 19.1 Å². The average molecular weight is 382 g/mol. The molecule has 1 aromatic carbocycles. The molecular formula is C21H26N4O3. The van der Waals surface area contributed by atoms with E-state index >= 15 is 0 Å². The number of rotatable bonds is 3. The number of likely N-dealkylation sites (tertiary alicyclic amines) is 2. The van der Waals surface area contributed by atoms with Gasteiger partial charge in [0.25, 0.3) is 5.91 Å². The molecule has 2 aliphatic rings. The number of carbonyl (C=O) groups excluding carboxylic acids is 2. The minimum Gasteiger partial charge on any atom is -0.342 e. The molecule has 7 nitrogen and oxygen atoms in total. The second-order valence-corrected chi connectivity index (χ2v) is 7.67. The third kappa shape index (κ3) is 3.93. The highest BCUT2D eigenvalue weighted by Crippen LogP contribution is 2.24. The van der Waals surface area contributed by atoms with Crippen molar-refractivity contribution in [1.29, 1.82) is 0 Å². The lowest BCUT2D eigenvalue weighted by atomic mass is 9.94. The smallest absolute Gasteiger partial charge is 0.253 e. The number of aromatic nitrogens is 2. The molecule has 4 rings (SSSR count). The van der Waals surface area contributed by atoms with Crippen LogP contribution in [0, 0.1) is 12.8 Å². The van der Waals surface area contributed by atoms with Crippen LogP contribution in [0.1, 0.15) is 48.4 Å². The van der Waals surface area contributed by atoms with Crippen molar-refractivity contribution < 1.29 is 14.1 Å². The van der Waals surface area contributed by atoms with Gasteiger partial charge in [0.15, 0.2) is 0 Å². The maximum atomic E-state index is 12.8. The molecule has 28 heavy (non-hydrogen) atoms. The predicted octanol–water partition coefficient (Wildman–Crippen LogP) is 2.91. The monoisotopic (exact) mass is 382 g/mol. The molecule has 2 amide bonds. The molecule has 0 aliphatic carbocycles. The fourth-order valence-corrected chi connectivity index (χ4v) is 4.06. The second kappa shape index (κ2) is 8.12. The lowest BCUT2D eigenvalue weighted by molar-refractivity contribution is -0.137. The molecule has 0 atom stereocenters. The van der Waals surface area contributed by atoms with Crippen molar-refractivity contribution in [2.75, 3.05) is 26.2 Å². The molecule has 2 aliphatic heterocycles. The van der Waals surface area contributed by atoms with Crippen molar-refractivity contribution in [1.82, 2.24) is 19.9 Å². The molecule has 2 fully saturated rings. The Morgan fingerprint density at radius 2 is 1.64 bits per heavy atom. The van der Waals surface area contributed by atoms with E-state index in [9.17, 15) is 9.59 Å². The lowest BCUT2D eigenvalue weighted by Crippen LogP contribution is -2.45. The summed E-state index contributed by atoms with van der Waals surface area (Å²) < 4.78 is 5.00. The van der Waals surface area contributed by atoms with Crippen LogP contribution in [0.25, 0.3) is 11.4 Å². The first kappa shape index (κ1) is 18.7. The Labute approximate surface area is 164 Å². The number of piperidine rings is 2. The van der Waals surface area contributed by atoms with Gasteiger partial charge >= 0.3 is 0 Å². The molecule has 0 N–H and O–H groups in total. The van der Waals surface area contributed by atoms with E-state index in [1.807, 2.05) is 21.9 Å². The molecule has 0 bridgehead atoms. The molecule has 2 saturated heterocycles. The van der Waals surface area contributed by atoms with Gasteiger partial charge in [0.05, 0.1) is 0 Å². The Morgan fingerprint density at radius 3 is 2.25 bits per heavy atom. The summed E-state index contributed by atoms with van der Waals surface area (Å²) in [5, 5.41) is 3.90. The van der Waals surface area contributed by atoms with E-state index < -0.39 is 0 Å². The zero-order valence-electron chi connectivity index (χ0n) is 16.3. The fourth-order valence-electron chi connectivity index (χ4n) is 4.06. The summed E-state index contributed by atoms with van der Waals surface area (Å²) >= 11 is 0. The normalized spacial score (nSPS) is 18.3. The van der Waals surface area contributed by atoms with Crippen LogP contribution in [0.4, 0.5) is 0 Å². The summed E-state index contributed by atoms with van der Waals surface area (Å²) in [6.45, 7) is 4.80. The Kier molecular flexibility index (Phi) is 5.41.